The maximum Gasteiger partial charge on any atom is 0.248 e. The summed E-state index contributed by atoms with van der Waals surface area (Å²) in [4.78, 5) is 24.1. The minimum Gasteiger partial charge on any atom is -0.273 e. The summed E-state index contributed by atoms with van der Waals surface area (Å²) in [7, 11) is 0. The van der Waals surface area contributed by atoms with E-state index in [9.17, 15) is 9.59 Å². The fourth-order valence-corrected chi connectivity index (χ4v) is 2.63. The van der Waals surface area contributed by atoms with Gasteiger partial charge in [0.05, 0.1) is 12.1 Å². The third-order valence-electron chi connectivity index (χ3n) is 3.10. The Morgan fingerprint density at radius 2 is 2.40 bits per heavy atom. The standard InChI is InChI=1S/C13H16N4O2S/c1-8-5-6-20-11(8)7-14-16-12(18)4-3-10-9(2)15-17-13(10)19/h5-7,10H,3-4H2,1-2H3,(H,16,18)(H,17,19)/b14-7-/t10-/m0/s1. The molecule has 0 unspecified atom stereocenters. The van der Waals surface area contributed by atoms with Gasteiger partial charge in [-0.05, 0) is 37.3 Å². The zero-order valence-electron chi connectivity index (χ0n) is 11.3. The number of rotatable bonds is 5. The van der Waals surface area contributed by atoms with E-state index in [-0.39, 0.29) is 24.2 Å². The fourth-order valence-electron chi connectivity index (χ4n) is 1.84. The Labute approximate surface area is 121 Å². The number of nitrogens with zero attached hydrogens (tertiary/aromatic N) is 2. The van der Waals surface area contributed by atoms with Crippen LogP contribution in [-0.2, 0) is 9.59 Å². The highest BCUT2D eigenvalue weighted by atomic mass is 32.1. The summed E-state index contributed by atoms with van der Waals surface area (Å²) in [6, 6.07) is 1.99. The van der Waals surface area contributed by atoms with E-state index in [2.05, 4.69) is 21.1 Å². The van der Waals surface area contributed by atoms with Crippen LogP contribution in [0.1, 0.15) is 30.2 Å². The Morgan fingerprint density at radius 1 is 1.60 bits per heavy atom. The molecule has 2 heterocycles. The molecule has 0 spiro atoms. The molecule has 7 heteroatoms. The lowest BCUT2D eigenvalue weighted by molar-refractivity contribution is -0.123. The molecule has 2 N–H and O–H groups in total. The van der Waals surface area contributed by atoms with Gasteiger partial charge in [-0.15, -0.1) is 11.3 Å². The van der Waals surface area contributed by atoms with E-state index in [0.717, 1.165) is 16.2 Å². The molecule has 0 aliphatic carbocycles. The number of aryl methyl sites for hydroxylation is 1. The zero-order valence-corrected chi connectivity index (χ0v) is 12.2. The summed E-state index contributed by atoms with van der Waals surface area (Å²) in [6.45, 7) is 3.76. The highest BCUT2D eigenvalue weighted by Crippen LogP contribution is 2.14. The van der Waals surface area contributed by atoms with Crippen molar-refractivity contribution in [1.29, 1.82) is 0 Å². The first-order valence-electron chi connectivity index (χ1n) is 6.28. The third-order valence-corrected chi connectivity index (χ3v) is 4.05. The lowest BCUT2D eigenvalue weighted by atomic mass is 9.99. The fraction of sp³-hybridized carbons (Fsp3) is 0.385. The lowest BCUT2D eigenvalue weighted by Crippen LogP contribution is -2.25. The molecular weight excluding hydrogens is 276 g/mol. The van der Waals surface area contributed by atoms with Gasteiger partial charge >= 0.3 is 0 Å². The van der Waals surface area contributed by atoms with Gasteiger partial charge in [0.25, 0.3) is 0 Å². The predicted octanol–water partition coefficient (Wildman–Crippen LogP) is 1.41. The van der Waals surface area contributed by atoms with Crippen LogP contribution in [0.5, 0.6) is 0 Å². The number of amides is 2. The van der Waals surface area contributed by atoms with E-state index in [1.807, 2.05) is 18.4 Å². The van der Waals surface area contributed by atoms with E-state index in [1.54, 1.807) is 24.5 Å². The van der Waals surface area contributed by atoms with Gasteiger partial charge < -0.3 is 0 Å². The van der Waals surface area contributed by atoms with Gasteiger partial charge in [0.1, 0.15) is 0 Å². The van der Waals surface area contributed by atoms with Crippen LogP contribution in [0.25, 0.3) is 0 Å². The molecule has 106 valence electrons. The average molecular weight is 292 g/mol. The molecule has 0 saturated heterocycles. The van der Waals surface area contributed by atoms with Crippen molar-refractivity contribution in [3.05, 3.63) is 21.9 Å². The predicted molar refractivity (Wildman–Crippen MR) is 78.8 cm³/mol. The molecule has 6 nitrogen and oxygen atoms in total. The zero-order chi connectivity index (χ0) is 14.5. The normalized spacial score (nSPS) is 18.2. The Kier molecular flexibility index (Phi) is 4.62. The first-order valence-corrected chi connectivity index (χ1v) is 7.16. The van der Waals surface area contributed by atoms with Gasteiger partial charge in [-0.1, -0.05) is 0 Å². The van der Waals surface area contributed by atoms with Gasteiger partial charge in [-0.3, -0.25) is 9.59 Å². The van der Waals surface area contributed by atoms with Gasteiger partial charge in [0.15, 0.2) is 0 Å². The second-order valence-electron chi connectivity index (χ2n) is 4.58. The van der Waals surface area contributed by atoms with Gasteiger partial charge in [-0.25, -0.2) is 10.9 Å². The molecule has 0 bridgehead atoms. The van der Waals surface area contributed by atoms with Gasteiger partial charge in [-0.2, -0.15) is 10.2 Å². The largest absolute Gasteiger partial charge is 0.273 e. The molecule has 1 aliphatic rings. The molecule has 2 amide bonds. The smallest absolute Gasteiger partial charge is 0.248 e. The van der Waals surface area contributed by atoms with E-state index >= 15 is 0 Å². The Bertz CT molecular complexity index is 577. The van der Waals surface area contributed by atoms with Crippen LogP contribution in [0.4, 0.5) is 0 Å². The topological polar surface area (TPSA) is 82.9 Å². The van der Waals surface area contributed by atoms with E-state index < -0.39 is 0 Å². The van der Waals surface area contributed by atoms with Crippen molar-refractivity contribution < 1.29 is 9.59 Å². The molecule has 0 fully saturated rings. The Morgan fingerprint density at radius 3 is 3.00 bits per heavy atom. The number of thiophene rings is 1. The van der Waals surface area contributed by atoms with Crippen molar-refractivity contribution in [1.82, 2.24) is 10.9 Å². The molecule has 1 aliphatic heterocycles. The summed E-state index contributed by atoms with van der Waals surface area (Å²) in [5.41, 5.74) is 6.72. The van der Waals surface area contributed by atoms with Crippen LogP contribution in [0.15, 0.2) is 21.6 Å². The molecule has 2 rings (SSSR count). The average Bonchev–Trinajstić information content (AvgIpc) is 2.95. The Balaban J connectivity index is 1.76. The van der Waals surface area contributed by atoms with Crippen LogP contribution >= 0.6 is 11.3 Å². The number of carbonyl (C=O) groups is 2. The van der Waals surface area contributed by atoms with E-state index in [0.29, 0.717) is 6.42 Å². The number of nitrogens with one attached hydrogen (secondary N) is 2. The Hall–Kier alpha value is -2.02. The quantitative estimate of drug-likeness (QED) is 0.635. The maximum atomic E-state index is 11.6. The summed E-state index contributed by atoms with van der Waals surface area (Å²) >= 11 is 1.57. The SMILES string of the molecule is CC1=NNC(=O)[C@H]1CCC(=O)N/N=C\c1sccc1C. The molecule has 0 saturated carbocycles. The van der Waals surface area contributed by atoms with Gasteiger partial charge in [0, 0.05) is 17.0 Å². The molecule has 1 aromatic heterocycles. The lowest BCUT2D eigenvalue weighted by Gasteiger charge is -2.06. The minimum atomic E-state index is -0.302. The first-order chi connectivity index (χ1) is 9.58. The minimum absolute atomic E-state index is 0.145. The van der Waals surface area contributed by atoms with E-state index in [1.165, 1.54) is 0 Å². The van der Waals surface area contributed by atoms with Crippen LogP contribution in [0.3, 0.4) is 0 Å². The second kappa shape index (κ2) is 6.42. The van der Waals surface area contributed by atoms with Gasteiger partial charge in [0.2, 0.25) is 11.8 Å². The van der Waals surface area contributed by atoms with Crippen LogP contribution in [-0.4, -0.2) is 23.7 Å². The summed E-state index contributed by atoms with van der Waals surface area (Å²) in [5.74, 6) is -0.653. The van der Waals surface area contributed by atoms with Crippen molar-refractivity contribution in [2.24, 2.45) is 16.1 Å². The van der Waals surface area contributed by atoms with Crippen LogP contribution < -0.4 is 10.9 Å². The van der Waals surface area contributed by atoms with Crippen LogP contribution in [0, 0.1) is 12.8 Å². The molecule has 20 heavy (non-hydrogen) atoms. The van der Waals surface area contributed by atoms with Crippen molar-refractivity contribution in [3.8, 4) is 0 Å². The second-order valence-corrected chi connectivity index (χ2v) is 5.53. The number of carbonyl (C=O) groups excluding carboxylic acids is 2. The summed E-state index contributed by atoms with van der Waals surface area (Å²) in [5, 5.41) is 9.72. The number of hydrogen-bond acceptors (Lipinski definition) is 5. The highest BCUT2D eigenvalue weighted by molar-refractivity contribution is 7.11. The van der Waals surface area contributed by atoms with Crippen molar-refractivity contribution >= 4 is 35.1 Å². The summed E-state index contributed by atoms with van der Waals surface area (Å²) in [6.07, 6.45) is 2.32. The maximum absolute atomic E-state index is 11.6. The molecule has 1 atom stereocenters. The molecule has 0 aromatic carbocycles. The van der Waals surface area contributed by atoms with Crippen molar-refractivity contribution in [2.45, 2.75) is 26.7 Å². The third kappa shape index (κ3) is 3.51. The first kappa shape index (κ1) is 14.4. The van der Waals surface area contributed by atoms with Crippen molar-refractivity contribution in [3.63, 3.8) is 0 Å². The summed E-state index contributed by atoms with van der Waals surface area (Å²) < 4.78 is 0. The van der Waals surface area contributed by atoms with Crippen molar-refractivity contribution in [2.75, 3.05) is 0 Å². The number of hydrogen-bond donors (Lipinski definition) is 2. The van der Waals surface area contributed by atoms with E-state index in [4.69, 9.17) is 0 Å². The number of hydrazone groups is 2. The highest BCUT2D eigenvalue weighted by Gasteiger charge is 2.26. The monoisotopic (exact) mass is 292 g/mol. The molecular formula is C13H16N4O2S. The van der Waals surface area contributed by atoms with Crippen LogP contribution in [0.2, 0.25) is 0 Å². The molecule has 1 aromatic rings. The molecule has 0 radical (unpaired) electrons.